The lowest BCUT2D eigenvalue weighted by molar-refractivity contribution is -0.202. The van der Waals surface area contributed by atoms with Crippen LogP contribution in [0, 0.1) is 0 Å². The molecule has 21 heavy (non-hydrogen) atoms. The topological polar surface area (TPSA) is 54.3 Å². The highest BCUT2D eigenvalue weighted by Gasteiger charge is 2.36. The number of nitrogens with zero attached hydrogens (tertiary/aromatic N) is 2. The molecule has 0 bridgehead atoms. The Labute approximate surface area is 125 Å². The first kappa shape index (κ1) is 14.5. The molecule has 5 heteroatoms. The third-order valence-corrected chi connectivity index (χ3v) is 4.04. The number of rotatable bonds is 3. The van der Waals surface area contributed by atoms with Gasteiger partial charge in [0, 0.05) is 38.9 Å². The summed E-state index contributed by atoms with van der Waals surface area (Å²) < 4.78 is 5.38. The summed E-state index contributed by atoms with van der Waals surface area (Å²) in [5, 5.41) is 14.4. The van der Waals surface area contributed by atoms with Gasteiger partial charge in [-0.2, -0.15) is 0 Å². The molecular weight excluding hydrogens is 268 g/mol. The van der Waals surface area contributed by atoms with Crippen LogP contribution in [0.25, 0.3) is 0 Å². The summed E-state index contributed by atoms with van der Waals surface area (Å²) in [6, 6.07) is 10.2. The third-order valence-electron chi connectivity index (χ3n) is 4.04. The summed E-state index contributed by atoms with van der Waals surface area (Å²) in [7, 11) is 0. The molecule has 0 radical (unpaired) electrons. The zero-order chi connectivity index (χ0) is 14.7. The maximum atomic E-state index is 10.2. The summed E-state index contributed by atoms with van der Waals surface area (Å²) >= 11 is 0. The molecule has 1 saturated heterocycles. The molecule has 2 atom stereocenters. The van der Waals surface area contributed by atoms with Gasteiger partial charge in [-0.3, -0.25) is 4.90 Å². The average Bonchev–Trinajstić information content (AvgIpc) is 2.51. The van der Waals surface area contributed by atoms with Gasteiger partial charge in [-0.15, -0.1) is 0 Å². The van der Waals surface area contributed by atoms with Crippen LogP contribution in [-0.2, 0) is 9.57 Å². The first-order chi connectivity index (χ1) is 10.1. The molecule has 0 unspecified atom stereocenters. The Bertz CT molecular complexity index is 496. The second-order valence-electron chi connectivity index (χ2n) is 5.90. The minimum atomic E-state index is -1.20. The summed E-state index contributed by atoms with van der Waals surface area (Å²) in [5.41, 5.74) is 2.16. The van der Waals surface area contributed by atoms with Crippen LogP contribution < -0.4 is 0 Å². The van der Waals surface area contributed by atoms with Crippen molar-refractivity contribution in [3.8, 4) is 0 Å². The minimum Gasteiger partial charge on any atom is -0.379 e. The molecule has 3 rings (SSSR count). The maximum Gasteiger partial charge on any atom is 0.232 e. The molecule has 1 aromatic rings. The summed E-state index contributed by atoms with van der Waals surface area (Å²) in [4.78, 5) is 7.58. The smallest absolute Gasteiger partial charge is 0.232 e. The predicted octanol–water partition coefficient (Wildman–Crippen LogP) is 1.59. The van der Waals surface area contributed by atoms with Crippen molar-refractivity contribution in [1.29, 1.82) is 0 Å². The Kier molecular flexibility index (Phi) is 4.24. The molecule has 1 aromatic carbocycles. The van der Waals surface area contributed by atoms with E-state index in [4.69, 9.17) is 9.57 Å². The van der Waals surface area contributed by atoms with Crippen LogP contribution in [-0.4, -0.2) is 54.4 Å². The highest BCUT2D eigenvalue weighted by atomic mass is 16.7. The second kappa shape index (κ2) is 6.13. The van der Waals surface area contributed by atoms with Gasteiger partial charge in [0.2, 0.25) is 5.79 Å². The number of hydrogen-bond acceptors (Lipinski definition) is 5. The number of aliphatic hydroxyl groups is 1. The van der Waals surface area contributed by atoms with Crippen molar-refractivity contribution in [2.45, 2.75) is 25.0 Å². The van der Waals surface area contributed by atoms with Gasteiger partial charge in [-0.25, -0.2) is 0 Å². The molecular formula is C16H22N2O3. The van der Waals surface area contributed by atoms with Crippen LogP contribution in [0.15, 0.2) is 35.5 Å². The Balaban J connectivity index is 1.79. The predicted molar refractivity (Wildman–Crippen MR) is 80.2 cm³/mol. The van der Waals surface area contributed by atoms with Crippen LogP contribution >= 0.6 is 0 Å². The molecule has 2 aliphatic heterocycles. The molecule has 5 nitrogen and oxygen atoms in total. The van der Waals surface area contributed by atoms with Gasteiger partial charge in [0.15, 0.2) is 0 Å². The standard InChI is InChI=1S/C16H22N2O3/c1-16(19)11-14(13-5-3-2-4-6-13)15(17-21-16)12-18-7-9-20-10-8-18/h2-6,14,19H,7-12H2,1H3/t14-,16-/m1/s1. The van der Waals surface area contributed by atoms with E-state index in [0.717, 1.165) is 38.6 Å². The number of oxime groups is 1. The van der Waals surface area contributed by atoms with Crippen LogP contribution in [0.1, 0.15) is 24.8 Å². The lowest BCUT2D eigenvalue weighted by Crippen LogP contribution is -2.44. The number of ether oxygens (including phenoxy) is 1. The highest BCUT2D eigenvalue weighted by Crippen LogP contribution is 2.33. The quantitative estimate of drug-likeness (QED) is 0.918. The Hall–Kier alpha value is -1.43. The minimum absolute atomic E-state index is 0.0952. The van der Waals surface area contributed by atoms with Crippen LogP contribution in [0.2, 0.25) is 0 Å². The van der Waals surface area contributed by atoms with Crippen molar-refractivity contribution in [2.24, 2.45) is 5.16 Å². The molecule has 2 aliphatic rings. The van der Waals surface area contributed by atoms with Gasteiger partial charge >= 0.3 is 0 Å². The summed E-state index contributed by atoms with van der Waals surface area (Å²) in [5.74, 6) is -1.10. The van der Waals surface area contributed by atoms with Crippen molar-refractivity contribution in [3.63, 3.8) is 0 Å². The largest absolute Gasteiger partial charge is 0.379 e. The van der Waals surface area contributed by atoms with E-state index in [1.165, 1.54) is 5.56 Å². The maximum absolute atomic E-state index is 10.2. The Morgan fingerprint density at radius 1 is 1.29 bits per heavy atom. The van der Waals surface area contributed by atoms with Crippen molar-refractivity contribution in [3.05, 3.63) is 35.9 Å². The molecule has 114 valence electrons. The van der Waals surface area contributed by atoms with E-state index in [2.05, 4.69) is 22.2 Å². The van der Waals surface area contributed by atoms with E-state index in [-0.39, 0.29) is 5.92 Å². The SMILES string of the molecule is C[C@]1(O)C[C@H](c2ccccc2)C(CN2CCOCC2)=NO1. The van der Waals surface area contributed by atoms with Gasteiger partial charge in [-0.1, -0.05) is 35.5 Å². The van der Waals surface area contributed by atoms with E-state index >= 15 is 0 Å². The van der Waals surface area contributed by atoms with Gasteiger partial charge in [0.25, 0.3) is 0 Å². The van der Waals surface area contributed by atoms with Crippen molar-refractivity contribution in [2.75, 3.05) is 32.8 Å². The fraction of sp³-hybridized carbons (Fsp3) is 0.562. The number of benzene rings is 1. The molecule has 0 aromatic heterocycles. The average molecular weight is 290 g/mol. The molecule has 0 amide bonds. The van der Waals surface area contributed by atoms with Gasteiger partial charge in [-0.05, 0) is 5.56 Å². The van der Waals surface area contributed by atoms with E-state index in [1.807, 2.05) is 18.2 Å². The lowest BCUT2D eigenvalue weighted by Gasteiger charge is -2.35. The second-order valence-corrected chi connectivity index (χ2v) is 5.90. The molecule has 0 saturated carbocycles. The lowest BCUT2D eigenvalue weighted by atomic mass is 9.87. The van der Waals surface area contributed by atoms with Crippen molar-refractivity contribution < 1.29 is 14.7 Å². The normalized spacial score (nSPS) is 30.6. The molecule has 0 aliphatic carbocycles. The van der Waals surface area contributed by atoms with Crippen LogP contribution in [0.3, 0.4) is 0 Å². The third kappa shape index (κ3) is 3.61. The zero-order valence-corrected chi connectivity index (χ0v) is 12.4. The Morgan fingerprint density at radius 2 is 2.00 bits per heavy atom. The van der Waals surface area contributed by atoms with Crippen LogP contribution in [0.5, 0.6) is 0 Å². The molecule has 2 heterocycles. The van der Waals surface area contributed by atoms with Gasteiger partial charge in [0.1, 0.15) is 0 Å². The van der Waals surface area contributed by atoms with Crippen LogP contribution in [0.4, 0.5) is 0 Å². The monoisotopic (exact) mass is 290 g/mol. The number of morpholine rings is 1. The number of hydrogen-bond donors (Lipinski definition) is 1. The summed E-state index contributed by atoms with van der Waals surface area (Å²) in [6.45, 7) is 5.79. The first-order valence-electron chi connectivity index (χ1n) is 7.46. The summed E-state index contributed by atoms with van der Waals surface area (Å²) in [6.07, 6.45) is 0.528. The first-order valence-corrected chi connectivity index (χ1v) is 7.46. The van der Waals surface area contributed by atoms with E-state index < -0.39 is 5.79 Å². The van der Waals surface area contributed by atoms with E-state index in [1.54, 1.807) is 6.92 Å². The zero-order valence-electron chi connectivity index (χ0n) is 12.4. The van der Waals surface area contributed by atoms with E-state index in [9.17, 15) is 5.11 Å². The Morgan fingerprint density at radius 3 is 2.71 bits per heavy atom. The fourth-order valence-corrected chi connectivity index (χ4v) is 2.88. The molecule has 0 spiro atoms. The fourth-order valence-electron chi connectivity index (χ4n) is 2.88. The van der Waals surface area contributed by atoms with Crippen molar-refractivity contribution in [1.82, 2.24) is 4.90 Å². The van der Waals surface area contributed by atoms with E-state index in [0.29, 0.717) is 6.42 Å². The highest BCUT2D eigenvalue weighted by molar-refractivity contribution is 5.92. The van der Waals surface area contributed by atoms with Crippen molar-refractivity contribution >= 4 is 5.71 Å². The van der Waals surface area contributed by atoms with Gasteiger partial charge in [0.05, 0.1) is 18.9 Å². The molecule has 1 N–H and O–H groups in total. The van der Waals surface area contributed by atoms with Gasteiger partial charge < -0.3 is 14.7 Å². The molecule has 1 fully saturated rings.